The second-order valence-corrected chi connectivity index (χ2v) is 5.87. The van der Waals surface area contributed by atoms with Crippen LogP contribution in [0.15, 0.2) is 30.3 Å². The van der Waals surface area contributed by atoms with Gasteiger partial charge >= 0.3 is 5.97 Å². The lowest BCUT2D eigenvalue weighted by Crippen LogP contribution is -2.45. The summed E-state index contributed by atoms with van der Waals surface area (Å²) >= 11 is 0. The summed E-state index contributed by atoms with van der Waals surface area (Å²) in [6.45, 7) is 3.63. The standard InChI is InChI=1S/C16H21NO3/c1-11-13(9-6-10-16(11,2)15(19)20)14(18)17-12-7-4-3-5-8-12/h3-5,7-8,11,13H,6,9-10H2,1-2H3,(H,17,18)(H,19,20)/t11-,13+,16-/m1/s1. The third-order valence-electron chi connectivity index (χ3n) is 4.69. The van der Waals surface area contributed by atoms with E-state index in [1.54, 1.807) is 6.92 Å². The average molecular weight is 275 g/mol. The monoisotopic (exact) mass is 275 g/mol. The van der Waals surface area contributed by atoms with Gasteiger partial charge in [0.15, 0.2) is 0 Å². The normalized spacial score (nSPS) is 29.7. The SMILES string of the molecule is C[C@@H]1[C@@H](C(=O)Nc2ccccc2)CCC[C@@]1(C)C(=O)O. The minimum absolute atomic E-state index is 0.0733. The highest BCUT2D eigenvalue weighted by Crippen LogP contribution is 2.44. The summed E-state index contributed by atoms with van der Waals surface area (Å²) in [5, 5.41) is 12.3. The van der Waals surface area contributed by atoms with Crippen LogP contribution in [0.5, 0.6) is 0 Å². The van der Waals surface area contributed by atoms with Gasteiger partial charge in [-0.3, -0.25) is 9.59 Å². The third kappa shape index (κ3) is 2.69. The van der Waals surface area contributed by atoms with Gasteiger partial charge in [0.1, 0.15) is 0 Å². The predicted molar refractivity (Wildman–Crippen MR) is 77.3 cm³/mol. The van der Waals surface area contributed by atoms with E-state index in [9.17, 15) is 14.7 Å². The molecule has 0 unspecified atom stereocenters. The number of hydrogen-bond donors (Lipinski definition) is 2. The van der Waals surface area contributed by atoms with E-state index in [2.05, 4.69) is 5.32 Å². The molecule has 0 bridgehead atoms. The van der Waals surface area contributed by atoms with Gasteiger partial charge in [-0.2, -0.15) is 0 Å². The summed E-state index contributed by atoms with van der Waals surface area (Å²) in [7, 11) is 0. The third-order valence-corrected chi connectivity index (χ3v) is 4.69. The van der Waals surface area contributed by atoms with E-state index in [0.717, 1.165) is 18.5 Å². The Hall–Kier alpha value is -1.84. The van der Waals surface area contributed by atoms with E-state index in [1.165, 1.54) is 0 Å². The summed E-state index contributed by atoms with van der Waals surface area (Å²) in [5.41, 5.74) is -0.0518. The molecule has 1 amide bonds. The zero-order valence-electron chi connectivity index (χ0n) is 11.9. The van der Waals surface area contributed by atoms with Crippen LogP contribution in [0, 0.1) is 17.3 Å². The molecule has 20 heavy (non-hydrogen) atoms. The molecule has 0 aromatic heterocycles. The summed E-state index contributed by atoms with van der Waals surface area (Å²) in [6, 6.07) is 9.28. The molecule has 1 aromatic carbocycles. The van der Waals surface area contributed by atoms with Crippen LogP contribution in [0.1, 0.15) is 33.1 Å². The van der Waals surface area contributed by atoms with Crippen molar-refractivity contribution in [3.05, 3.63) is 30.3 Å². The molecule has 0 saturated heterocycles. The minimum Gasteiger partial charge on any atom is -0.481 e. The molecule has 1 fully saturated rings. The Bertz CT molecular complexity index is 500. The first-order valence-corrected chi connectivity index (χ1v) is 7.04. The maximum Gasteiger partial charge on any atom is 0.309 e. The van der Waals surface area contributed by atoms with Crippen molar-refractivity contribution in [1.82, 2.24) is 0 Å². The van der Waals surface area contributed by atoms with Gasteiger partial charge in [-0.05, 0) is 37.8 Å². The van der Waals surface area contributed by atoms with Crippen molar-refractivity contribution in [3.63, 3.8) is 0 Å². The van der Waals surface area contributed by atoms with E-state index in [-0.39, 0.29) is 17.7 Å². The maximum atomic E-state index is 12.4. The van der Waals surface area contributed by atoms with Crippen molar-refractivity contribution in [2.45, 2.75) is 33.1 Å². The molecule has 4 nitrogen and oxygen atoms in total. The molecule has 0 aliphatic heterocycles. The van der Waals surface area contributed by atoms with Crippen molar-refractivity contribution in [1.29, 1.82) is 0 Å². The van der Waals surface area contributed by atoms with Gasteiger partial charge in [-0.15, -0.1) is 0 Å². The van der Waals surface area contributed by atoms with Gasteiger partial charge in [0.2, 0.25) is 5.91 Å². The molecule has 1 aromatic rings. The van der Waals surface area contributed by atoms with Crippen molar-refractivity contribution in [2.24, 2.45) is 17.3 Å². The smallest absolute Gasteiger partial charge is 0.309 e. The summed E-state index contributed by atoms with van der Waals surface area (Å²) in [5.74, 6) is -1.29. The number of amides is 1. The largest absolute Gasteiger partial charge is 0.481 e. The Labute approximate surface area is 119 Å². The lowest BCUT2D eigenvalue weighted by atomic mass is 9.63. The van der Waals surface area contributed by atoms with Gasteiger partial charge < -0.3 is 10.4 Å². The summed E-state index contributed by atoms with van der Waals surface area (Å²) in [6.07, 6.45) is 2.17. The van der Waals surface area contributed by atoms with Crippen molar-refractivity contribution >= 4 is 17.6 Å². The molecule has 3 atom stereocenters. The first kappa shape index (κ1) is 14.6. The van der Waals surface area contributed by atoms with Crippen LogP contribution in [0.4, 0.5) is 5.69 Å². The topological polar surface area (TPSA) is 66.4 Å². The minimum atomic E-state index is -0.809. The number of carbonyl (C=O) groups excluding carboxylic acids is 1. The van der Waals surface area contributed by atoms with Crippen LogP contribution in [0.25, 0.3) is 0 Å². The molecular formula is C16H21NO3. The second-order valence-electron chi connectivity index (χ2n) is 5.87. The van der Waals surface area contributed by atoms with Gasteiger partial charge in [0, 0.05) is 11.6 Å². The molecule has 108 valence electrons. The maximum absolute atomic E-state index is 12.4. The van der Waals surface area contributed by atoms with E-state index in [4.69, 9.17) is 0 Å². The van der Waals surface area contributed by atoms with Gasteiger partial charge in [0.05, 0.1) is 5.41 Å². The number of carboxylic acid groups (broad SMARTS) is 1. The Morgan fingerprint density at radius 1 is 1.30 bits per heavy atom. The Morgan fingerprint density at radius 3 is 2.55 bits per heavy atom. The number of hydrogen-bond acceptors (Lipinski definition) is 2. The number of para-hydroxylation sites is 1. The first-order chi connectivity index (χ1) is 9.45. The fourth-order valence-electron chi connectivity index (χ4n) is 3.03. The zero-order chi connectivity index (χ0) is 14.8. The number of aliphatic carboxylic acids is 1. The van der Waals surface area contributed by atoms with Crippen LogP contribution < -0.4 is 5.32 Å². The number of benzene rings is 1. The van der Waals surface area contributed by atoms with Crippen LogP contribution in [0.2, 0.25) is 0 Å². The molecule has 1 aliphatic rings. The molecule has 4 heteroatoms. The number of rotatable bonds is 3. The zero-order valence-corrected chi connectivity index (χ0v) is 11.9. The van der Waals surface area contributed by atoms with E-state index in [0.29, 0.717) is 6.42 Å². The molecule has 1 aliphatic carbocycles. The molecule has 2 rings (SSSR count). The molecule has 0 heterocycles. The Kier molecular flexibility index (Phi) is 4.12. The van der Waals surface area contributed by atoms with Gasteiger partial charge in [0.25, 0.3) is 0 Å². The van der Waals surface area contributed by atoms with E-state index < -0.39 is 11.4 Å². The molecular weight excluding hydrogens is 254 g/mol. The van der Waals surface area contributed by atoms with Crippen molar-refractivity contribution in [3.8, 4) is 0 Å². The summed E-state index contributed by atoms with van der Waals surface area (Å²) < 4.78 is 0. The quantitative estimate of drug-likeness (QED) is 0.890. The molecule has 2 N–H and O–H groups in total. The molecule has 0 radical (unpaired) electrons. The highest BCUT2D eigenvalue weighted by Gasteiger charge is 2.47. The fraction of sp³-hybridized carbons (Fsp3) is 0.500. The second kappa shape index (κ2) is 5.65. The van der Waals surface area contributed by atoms with Crippen LogP contribution >= 0.6 is 0 Å². The van der Waals surface area contributed by atoms with Crippen LogP contribution in [0.3, 0.4) is 0 Å². The van der Waals surface area contributed by atoms with Crippen LogP contribution in [-0.4, -0.2) is 17.0 Å². The lowest BCUT2D eigenvalue weighted by molar-refractivity contribution is -0.156. The highest BCUT2D eigenvalue weighted by molar-refractivity contribution is 5.93. The number of carboxylic acids is 1. The van der Waals surface area contributed by atoms with Crippen LogP contribution in [-0.2, 0) is 9.59 Å². The van der Waals surface area contributed by atoms with Gasteiger partial charge in [-0.1, -0.05) is 31.5 Å². The Morgan fingerprint density at radius 2 is 1.95 bits per heavy atom. The number of nitrogens with one attached hydrogen (secondary N) is 1. The average Bonchev–Trinajstić information content (AvgIpc) is 2.42. The van der Waals surface area contributed by atoms with Gasteiger partial charge in [-0.25, -0.2) is 0 Å². The molecule has 0 spiro atoms. The van der Waals surface area contributed by atoms with Crippen molar-refractivity contribution < 1.29 is 14.7 Å². The lowest BCUT2D eigenvalue weighted by Gasteiger charge is -2.40. The fourth-order valence-corrected chi connectivity index (χ4v) is 3.03. The Balaban J connectivity index is 2.12. The molecule has 1 saturated carbocycles. The summed E-state index contributed by atoms with van der Waals surface area (Å²) in [4.78, 5) is 23.9. The van der Waals surface area contributed by atoms with Crippen molar-refractivity contribution in [2.75, 3.05) is 5.32 Å². The first-order valence-electron chi connectivity index (χ1n) is 7.04. The van der Waals surface area contributed by atoms with E-state index >= 15 is 0 Å². The highest BCUT2D eigenvalue weighted by atomic mass is 16.4. The number of anilines is 1. The van der Waals surface area contributed by atoms with E-state index in [1.807, 2.05) is 37.3 Å². The predicted octanol–water partition coefficient (Wildman–Crippen LogP) is 3.15. The number of carbonyl (C=O) groups is 2.